The molecule has 1 amide bonds. The lowest BCUT2D eigenvalue weighted by Gasteiger charge is -2.17. The van der Waals surface area contributed by atoms with Gasteiger partial charge in [0, 0.05) is 0 Å². The Kier molecular flexibility index (Phi) is 6.97. The van der Waals surface area contributed by atoms with E-state index in [0.29, 0.717) is 12.2 Å². The van der Waals surface area contributed by atoms with Crippen molar-refractivity contribution in [1.82, 2.24) is 5.32 Å². The lowest BCUT2D eigenvalue weighted by atomic mass is 10.1. The fourth-order valence-electron chi connectivity index (χ4n) is 3.27. The summed E-state index contributed by atoms with van der Waals surface area (Å²) in [6.45, 7) is 3.80. The average molecular weight is 439 g/mol. The quantitative estimate of drug-likeness (QED) is 0.540. The van der Waals surface area contributed by atoms with Gasteiger partial charge in [-0.15, -0.1) is 0 Å². The van der Waals surface area contributed by atoms with Crippen molar-refractivity contribution in [3.63, 3.8) is 0 Å². The van der Waals surface area contributed by atoms with Gasteiger partial charge >= 0.3 is 0 Å². The second-order valence-corrected chi connectivity index (χ2v) is 8.77. The Labute approximate surface area is 183 Å². The van der Waals surface area contributed by atoms with Crippen LogP contribution in [0.2, 0.25) is 0 Å². The highest BCUT2D eigenvalue weighted by atomic mass is 32.2. The summed E-state index contributed by atoms with van der Waals surface area (Å²) in [6, 6.07) is 20.6. The van der Waals surface area contributed by atoms with E-state index >= 15 is 0 Å². The molecule has 7 heteroatoms. The number of rotatable bonds is 8. The first-order valence-electron chi connectivity index (χ1n) is 10.00. The van der Waals surface area contributed by atoms with E-state index in [-0.39, 0.29) is 28.1 Å². The van der Waals surface area contributed by atoms with Gasteiger partial charge in [-0.3, -0.25) is 9.52 Å². The van der Waals surface area contributed by atoms with Crippen LogP contribution in [0, 0.1) is 0 Å². The van der Waals surface area contributed by atoms with Gasteiger partial charge in [-0.05, 0) is 54.8 Å². The molecule has 0 saturated heterocycles. The summed E-state index contributed by atoms with van der Waals surface area (Å²) in [7, 11) is -2.35. The van der Waals surface area contributed by atoms with Gasteiger partial charge in [-0.2, -0.15) is 0 Å². The van der Waals surface area contributed by atoms with Crippen molar-refractivity contribution in [2.24, 2.45) is 0 Å². The van der Waals surface area contributed by atoms with E-state index in [9.17, 15) is 13.2 Å². The van der Waals surface area contributed by atoms with Crippen LogP contribution >= 0.6 is 0 Å². The van der Waals surface area contributed by atoms with Crippen LogP contribution in [0.1, 0.15) is 41.4 Å². The van der Waals surface area contributed by atoms with E-state index in [0.717, 1.165) is 11.1 Å². The maximum absolute atomic E-state index is 13.0. The number of amides is 1. The minimum atomic E-state index is -3.89. The van der Waals surface area contributed by atoms with Crippen LogP contribution in [0.25, 0.3) is 0 Å². The number of ether oxygens (including phenoxy) is 1. The number of methoxy groups -OCH3 is 1. The van der Waals surface area contributed by atoms with Gasteiger partial charge in [-0.1, -0.05) is 49.4 Å². The largest absolute Gasteiger partial charge is 0.496 e. The molecule has 0 aliphatic carbocycles. The maximum atomic E-state index is 13.0. The molecular weight excluding hydrogens is 412 g/mol. The molecule has 0 aromatic heterocycles. The molecule has 3 aromatic rings. The van der Waals surface area contributed by atoms with Crippen LogP contribution < -0.4 is 14.8 Å². The molecule has 0 radical (unpaired) electrons. The number of carbonyl (C=O) groups excluding carboxylic acids is 1. The molecule has 0 heterocycles. The van der Waals surface area contributed by atoms with Crippen LogP contribution in [0.15, 0.2) is 77.7 Å². The Balaban J connectivity index is 1.85. The lowest BCUT2D eigenvalue weighted by Crippen LogP contribution is -2.28. The Morgan fingerprint density at radius 3 is 2.35 bits per heavy atom. The van der Waals surface area contributed by atoms with Gasteiger partial charge in [0.15, 0.2) is 0 Å². The molecule has 0 unspecified atom stereocenters. The molecule has 0 fully saturated rings. The first-order chi connectivity index (χ1) is 14.9. The summed E-state index contributed by atoms with van der Waals surface area (Å²) in [5.41, 5.74) is 2.21. The van der Waals surface area contributed by atoms with Crippen molar-refractivity contribution in [3.8, 4) is 5.75 Å². The van der Waals surface area contributed by atoms with Crippen molar-refractivity contribution >= 4 is 21.6 Å². The van der Waals surface area contributed by atoms with Crippen LogP contribution in [0.4, 0.5) is 5.69 Å². The standard InChI is InChI=1S/C24H26N2O4S/c1-4-18-16-20(14-15-23(18)30-3)31(28,29)26-22-13-9-8-12-21(22)24(27)25-17(2)19-10-6-5-7-11-19/h5-17,26H,4H2,1-3H3,(H,25,27)/t17-/m0/s1. The van der Waals surface area contributed by atoms with Gasteiger partial charge in [0.1, 0.15) is 5.75 Å². The van der Waals surface area contributed by atoms with E-state index in [1.165, 1.54) is 6.07 Å². The minimum Gasteiger partial charge on any atom is -0.496 e. The van der Waals surface area contributed by atoms with Crippen LogP contribution in [-0.4, -0.2) is 21.4 Å². The fraction of sp³-hybridized carbons (Fsp3) is 0.208. The molecule has 0 saturated carbocycles. The predicted molar refractivity (Wildman–Crippen MR) is 122 cm³/mol. The first-order valence-corrected chi connectivity index (χ1v) is 11.5. The molecule has 0 bridgehead atoms. The average Bonchev–Trinajstić information content (AvgIpc) is 2.79. The number of para-hydroxylation sites is 1. The number of hydrogen-bond acceptors (Lipinski definition) is 4. The molecular formula is C24H26N2O4S. The Morgan fingerprint density at radius 1 is 1.00 bits per heavy atom. The van der Waals surface area contributed by atoms with E-state index < -0.39 is 10.0 Å². The topological polar surface area (TPSA) is 84.5 Å². The highest BCUT2D eigenvalue weighted by Gasteiger charge is 2.21. The number of sulfonamides is 1. The zero-order chi connectivity index (χ0) is 22.4. The molecule has 31 heavy (non-hydrogen) atoms. The monoisotopic (exact) mass is 438 g/mol. The zero-order valence-corrected chi connectivity index (χ0v) is 18.6. The first kappa shape index (κ1) is 22.4. The van der Waals surface area contributed by atoms with Crippen molar-refractivity contribution in [1.29, 1.82) is 0 Å². The second kappa shape index (κ2) is 9.66. The summed E-state index contributed by atoms with van der Waals surface area (Å²) in [5.74, 6) is 0.273. The van der Waals surface area contributed by atoms with E-state index in [1.807, 2.05) is 44.2 Å². The van der Waals surface area contributed by atoms with E-state index in [2.05, 4.69) is 10.0 Å². The van der Waals surface area contributed by atoms with Crippen LogP contribution in [0.5, 0.6) is 5.75 Å². The molecule has 3 rings (SSSR count). The number of hydrogen-bond donors (Lipinski definition) is 2. The highest BCUT2D eigenvalue weighted by molar-refractivity contribution is 7.92. The van der Waals surface area contributed by atoms with Crippen molar-refractivity contribution < 1.29 is 17.9 Å². The summed E-state index contributed by atoms with van der Waals surface area (Å²) in [5, 5.41) is 2.92. The summed E-state index contributed by atoms with van der Waals surface area (Å²) >= 11 is 0. The van der Waals surface area contributed by atoms with Gasteiger partial charge < -0.3 is 10.1 Å². The third-order valence-corrected chi connectivity index (χ3v) is 6.37. The minimum absolute atomic E-state index is 0.109. The van der Waals surface area contributed by atoms with Crippen LogP contribution in [-0.2, 0) is 16.4 Å². The number of benzene rings is 3. The van der Waals surface area contributed by atoms with Crippen molar-refractivity contribution in [3.05, 3.63) is 89.5 Å². The Morgan fingerprint density at radius 2 is 1.68 bits per heavy atom. The van der Waals surface area contributed by atoms with Crippen molar-refractivity contribution in [2.75, 3.05) is 11.8 Å². The molecule has 0 spiro atoms. The zero-order valence-electron chi connectivity index (χ0n) is 17.8. The second-order valence-electron chi connectivity index (χ2n) is 7.08. The molecule has 1 atom stereocenters. The molecule has 3 aromatic carbocycles. The Bertz CT molecular complexity index is 1160. The highest BCUT2D eigenvalue weighted by Crippen LogP contribution is 2.26. The fourth-order valence-corrected chi connectivity index (χ4v) is 4.40. The molecule has 2 N–H and O–H groups in total. The number of nitrogens with one attached hydrogen (secondary N) is 2. The summed E-state index contributed by atoms with van der Waals surface area (Å²) in [6.07, 6.45) is 0.628. The normalized spacial score (nSPS) is 12.1. The van der Waals surface area contributed by atoms with Gasteiger partial charge in [-0.25, -0.2) is 8.42 Å². The van der Waals surface area contributed by atoms with Crippen LogP contribution in [0.3, 0.4) is 0 Å². The van der Waals surface area contributed by atoms with Gasteiger partial charge in [0.05, 0.1) is 29.3 Å². The smallest absolute Gasteiger partial charge is 0.261 e. The van der Waals surface area contributed by atoms with E-state index in [1.54, 1.807) is 43.5 Å². The third kappa shape index (κ3) is 5.24. The molecule has 6 nitrogen and oxygen atoms in total. The number of carbonyl (C=O) groups is 1. The van der Waals surface area contributed by atoms with Gasteiger partial charge in [0.2, 0.25) is 0 Å². The summed E-state index contributed by atoms with van der Waals surface area (Å²) in [4.78, 5) is 13.0. The number of aryl methyl sites for hydroxylation is 1. The molecule has 0 aliphatic heterocycles. The Hall–Kier alpha value is -3.32. The van der Waals surface area contributed by atoms with Gasteiger partial charge in [0.25, 0.3) is 15.9 Å². The molecule has 0 aliphatic rings. The molecule has 162 valence electrons. The number of anilines is 1. The predicted octanol–water partition coefficient (Wildman–Crippen LogP) is 4.55. The summed E-state index contributed by atoms with van der Waals surface area (Å²) < 4.78 is 33.8. The van der Waals surface area contributed by atoms with Crippen molar-refractivity contribution in [2.45, 2.75) is 31.2 Å². The lowest BCUT2D eigenvalue weighted by molar-refractivity contribution is 0.0941. The maximum Gasteiger partial charge on any atom is 0.261 e. The third-order valence-electron chi connectivity index (χ3n) is 5.01. The SMILES string of the molecule is CCc1cc(S(=O)(=O)Nc2ccccc2C(=O)N[C@@H](C)c2ccccc2)ccc1OC. The van der Waals surface area contributed by atoms with E-state index in [4.69, 9.17) is 4.74 Å².